The first-order valence-electron chi connectivity index (χ1n) is 7.54. The van der Waals surface area contributed by atoms with Gasteiger partial charge in [0, 0.05) is 6.42 Å². The maximum atomic E-state index is 10.7. The van der Waals surface area contributed by atoms with Gasteiger partial charge in [-0.15, -0.1) is 0 Å². The molecule has 1 aromatic rings. The van der Waals surface area contributed by atoms with Gasteiger partial charge in [0.25, 0.3) is 0 Å². The Bertz CT molecular complexity index is 380. The molecule has 0 bridgehead atoms. The van der Waals surface area contributed by atoms with Crippen molar-refractivity contribution in [3.63, 3.8) is 0 Å². The first kappa shape index (κ1) is 14.1. The lowest BCUT2D eigenvalue weighted by molar-refractivity contribution is -0.137. The molecule has 1 aliphatic carbocycles. The van der Waals surface area contributed by atoms with Gasteiger partial charge in [0.2, 0.25) is 0 Å². The molecule has 0 amide bonds. The lowest BCUT2D eigenvalue weighted by Gasteiger charge is -2.30. The van der Waals surface area contributed by atoms with Crippen molar-refractivity contribution in [2.24, 2.45) is 5.92 Å². The first-order valence-corrected chi connectivity index (χ1v) is 7.54. The predicted octanol–water partition coefficient (Wildman–Crippen LogP) is 4.61. The van der Waals surface area contributed by atoms with E-state index < -0.39 is 5.97 Å². The van der Waals surface area contributed by atoms with Gasteiger partial charge in [-0.3, -0.25) is 4.79 Å². The average Bonchev–Trinajstić information content (AvgIpc) is 2.45. The summed E-state index contributed by atoms with van der Waals surface area (Å²) in [5.41, 5.74) is 1.40. The van der Waals surface area contributed by atoms with E-state index in [4.69, 9.17) is 5.11 Å². The van der Waals surface area contributed by atoms with Crippen LogP contribution < -0.4 is 0 Å². The third-order valence-electron chi connectivity index (χ3n) is 4.35. The summed E-state index contributed by atoms with van der Waals surface area (Å²) in [6.07, 6.45) is 8.79. The highest BCUT2D eigenvalue weighted by molar-refractivity contribution is 5.66. The third kappa shape index (κ3) is 4.38. The fourth-order valence-corrected chi connectivity index (χ4v) is 3.38. The fraction of sp³-hybridized carbons (Fsp3) is 0.588. The van der Waals surface area contributed by atoms with E-state index in [1.807, 2.05) is 0 Å². The molecule has 1 saturated carbocycles. The zero-order chi connectivity index (χ0) is 13.5. The lowest BCUT2D eigenvalue weighted by atomic mass is 9.75. The van der Waals surface area contributed by atoms with Crippen molar-refractivity contribution in [1.29, 1.82) is 0 Å². The molecule has 0 spiro atoms. The number of carboxylic acid groups (broad SMARTS) is 1. The van der Waals surface area contributed by atoms with Gasteiger partial charge in [0.1, 0.15) is 0 Å². The minimum Gasteiger partial charge on any atom is -0.481 e. The number of aliphatic carboxylic acids is 1. The van der Waals surface area contributed by atoms with Crippen molar-refractivity contribution in [2.75, 3.05) is 0 Å². The maximum absolute atomic E-state index is 10.7. The Hall–Kier alpha value is -1.31. The maximum Gasteiger partial charge on any atom is 0.303 e. The van der Waals surface area contributed by atoms with Gasteiger partial charge in [0.15, 0.2) is 0 Å². The second kappa shape index (κ2) is 7.32. The van der Waals surface area contributed by atoms with Crippen LogP contribution in [0.3, 0.4) is 0 Å². The Morgan fingerprint density at radius 2 is 1.84 bits per heavy atom. The predicted molar refractivity (Wildman–Crippen MR) is 77.2 cm³/mol. The number of carbonyl (C=O) groups is 1. The van der Waals surface area contributed by atoms with Crippen LogP contribution in [0.4, 0.5) is 0 Å². The summed E-state index contributed by atoms with van der Waals surface area (Å²) in [4.78, 5) is 10.7. The van der Waals surface area contributed by atoms with Gasteiger partial charge in [-0.1, -0.05) is 49.6 Å². The van der Waals surface area contributed by atoms with Crippen LogP contribution in [0.15, 0.2) is 30.3 Å². The molecular formula is C17H24O2. The topological polar surface area (TPSA) is 37.3 Å². The number of carboxylic acids is 1. The summed E-state index contributed by atoms with van der Waals surface area (Å²) in [5.74, 6) is 0.640. The summed E-state index contributed by atoms with van der Waals surface area (Å²) in [6.45, 7) is 0. The molecule has 0 aromatic heterocycles. The van der Waals surface area contributed by atoms with Gasteiger partial charge in [-0.2, -0.15) is 0 Å². The highest BCUT2D eigenvalue weighted by Gasteiger charge is 2.24. The van der Waals surface area contributed by atoms with Crippen LogP contribution in [-0.4, -0.2) is 11.1 Å². The molecule has 0 radical (unpaired) electrons. The van der Waals surface area contributed by atoms with Crippen LogP contribution in [-0.2, 0) is 4.79 Å². The summed E-state index contributed by atoms with van der Waals surface area (Å²) in [7, 11) is 0. The molecule has 1 unspecified atom stereocenters. The van der Waals surface area contributed by atoms with Gasteiger partial charge < -0.3 is 5.11 Å². The van der Waals surface area contributed by atoms with Crippen LogP contribution in [0.2, 0.25) is 0 Å². The zero-order valence-electron chi connectivity index (χ0n) is 11.6. The fourth-order valence-electron chi connectivity index (χ4n) is 3.38. The van der Waals surface area contributed by atoms with Crippen molar-refractivity contribution in [3.8, 4) is 0 Å². The molecular weight excluding hydrogens is 236 g/mol. The average molecular weight is 260 g/mol. The first-order chi connectivity index (χ1) is 9.27. The van der Waals surface area contributed by atoms with Crippen LogP contribution in [0.1, 0.15) is 62.8 Å². The molecule has 0 saturated heterocycles. The minimum atomic E-state index is -0.671. The molecule has 19 heavy (non-hydrogen) atoms. The molecule has 1 aliphatic rings. The quantitative estimate of drug-likeness (QED) is 0.811. The normalized spacial score (nSPS) is 18.1. The van der Waals surface area contributed by atoms with E-state index in [-0.39, 0.29) is 0 Å². The van der Waals surface area contributed by atoms with E-state index >= 15 is 0 Å². The number of hydrogen-bond donors (Lipinski definition) is 1. The molecule has 2 rings (SSSR count). The molecule has 0 heterocycles. The van der Waals surface area contributed by atoms with Gasteiger partial charge in [-0.05, 0) is 43.1 Å². The molecule has 0 aliphatic heterocycles. The second-order valence-corrected chi connectivity index (χ2v) is 5.70. The lowest BCUT2D eigenvalue weighted by Crippen LogP contribution is -2.17. The largest absolute Gasteiger partial charge is 0.481 e. The SMILES string of the molecule is O=C(O)CCCC(c1ccccc1)C1CCCCC1. The van der Waals surface area contributed by atoms with Crippen molar-refractivity contribution >= 4 is 5.97 Å². The zero-order valence-corrected chi connectivity index (χ0v) is 11.6. The Balaban J connectivity index is 2.01. The van der Waals surface area contributed by atoms with E-state index in [2.05, 4.69) is 30.3 Å². The van der Waals surface area contributed by atoms with E-state index in [0.717, 1.165) is 18.8 Å². The van der Waals surface area contributed by atoms with Crippen molar-refractivity contribution in [1.82, 2.24) is 0 Å². The second-order valence-electron chi connectivity index (χ2n) is 5.70. The number of hydrogen-bond acceptors (Lipinski definition) is 1. The van der Waals surface area contributed by atoms with Crippen molar-refractivity contribution in [3.05, 3.63) is 35.9 Å². The van der Waals surface area contributed by atoms with Crippen molar-refractivity contribution in [2.45, 2.75) is 57.3 Å². The van der Waals surface area contributed by atoms with E-state index in [1.165, 1.54) is 37.7 Å². The minimum absolute atomic E-state index is 0.302. The number of benzene rings is 1. The third-order valence-corrected chi connectivity index (χ3v) is 4.35. The van der Waals surface area contributed by atoms with E-state index in [9.17, 15) is 4.79 Å². The summed E-state index contributed by atoms with van der Waals surface area (Å²) in [5, 5.41) is 8.81. The standard InChI is InChI=1S/C17H24O2/c18-17(19)13-7-12-16(14-8-3-1-4-9-14)15-10-5-2-6-11-15/h1,3-4,8-9,15-16H,2,5-7,10-13H2,(H,18,19). The Labute approximate surface area is 115 Å². The number of rotatable bonds is 6. The van der Waals surface area contributed by atoms with Crippen LogP contribution >= 0.6 is 0 Å². The molecule has 1 aromatic carbocycles. The molecule has 1 fully saturated rings. The summed E-state index contributed by atoms with van der Waals surface area (Å²) < 4.78 is 0. The van der Waals surface area contributed by atoms with Crippen molar-refractivity contribution < 1.29 is 9.90 Å². The summed E-state index contributed by atoms with van der Waals surface area (Å²) in [6, 6.07) is 10.7. The monoisotopic (exact) mass is 260 g/mol. The molecule has 104 valence electrons. The highest BCUT2D eigenvalue weighted by Crippen LogP contribution is 2.38. The smallest absolute Gasteiger partial charge is 0.303 e. The highest BCUT2D eigenvalue weighted by atomic mass is 16.4. The Kier molecular flexibility index (Phi) is 5.44. The molecule has 1 N–H and O–H groups in total. The summed E-state index contributed by atoms with van der Waals surface area (Å²) >= 11 is 0. The van der Waals surface area contributed by atoms with E-state index in [1.54, 1.807) is 0 Å². The molecule has 2 nitrogen and oxygen atoms in total. The Morgan fingerprint density at radius 3 is 2.47 bits per heavy atom. The molecule has 1 atom stereocenters. The van der Waals surface area contributed by atoms with Gasteiger partial charge in [-0.25, -0.2) is 0 Å². The van der Waals surface area contributed by atoms with Gasteiger partial charge >= 0.3 is 5.97 Å². The van der Waals surface area contributed by atoms with Crippen LogP contribution in [0, 0.1) is 5.92 Å². The van der Waals surface area contributed by atoms with E-state index in [0.29, 0.717) is 12.3 Å². The Morgan fingerprint density at radius 1 is 1.16 bits per heavy atom. The van der Waals surface area contributed by atoms with Crippen LogP contribution in [0.5, 0.6) is 0 Å². The molecule has 2 heteroatoms. The van der Waals surface area contributed by atoms with Crippen LogP contribution in [0.25, 0.3) is 0 Å². The van der Waals surface area contributed by atoms with Gasteiger partial charge in [0.05, 0.1) is 0 Å².